The monoisotopic (exact) mass is 423 g/mol. The molecule has 3 heterocycles. The van der Waals surface area contributed by atoms with E-state index < -0.39 is 0 Å². The number of hydrogen-bond acceptors (Lipinski definition) is 4. The molecule has 3 amide bonds. The van der Waals surface area contributed by atoms with Gasteiger partial charge in [0.2, 0.25) is 11.8 Å². The fourth-order valence-corrected chi connectivity index (χ4v) is 4.48. The fourth-order valence-electron chi connectivity index (χ4n) is 4.48. The third-order valence-corrected chi connectivity index (χ3v) is 6.10. The van der Waals surface area contributed by atoms with Crippen LogP contribution < -0.4 is 5.32 Å². The standard InChI is InChI=1S/C23H29N5O3/c1-16(29)24-18-7-5-17(6-8-18)23(31)28-14-11-21-19(15-28)20(25-26(21)2)9-10-22(30)27-12-3-4-13-27/h5-8H,3-4,9-15H2,1-2H3,(H,24,29). The highest BCUT2D eigenvalue weighted by Crippen LogP contribution is 2.25. The molecule has 1 fully saturated rings. The van der Waals surface area contributed by atoms with Gasteiger partial charge in [-0.05, 0) is 37.1 Å². The summed E-state index contributed by atoms with van der Waals surface area (Å²) in [4.78, 5) is 40.5. The molecule has 31 heavy (non-hydrogen) atoms. The first-order valence-electron chi connectivity index (χ1n) is 10.9. The molecule has 2 aliphatic rings. The normalized spacial score (nSPS) is 15.7. The number of nitrogens with zero attached hydrogens (tertiary/aromatic N) is 4. The number of carbonyl (C=O) groups is 3. The van der Waals surface area contributed by atoms with Crippen molar-refractivity contribution >= 4 is 23.4 Å². The number of hydrogen-bond donors (Lipinski definition) is 1. The number of likely N-dealkylation sites (tertiary alicyclic amines) is 1. The van der Waals surface area contributed by atoms with Crippen LogP contribution in [-0.4, -0.2) is 56.9 Å². The number of amides is 3. The molecule has 0 spiro atoms. The van der Waals surface area contributed by atoms with E-state index in [1.165, 1.54) is 6.92 Å². The van der Waals surface area contributed by atoms with Crippen molar-refractivity contribution < 1.29 is 14.4 Å². The van der Waals surface area contributed by atoms with Gasteiger partial charge < -0.3 is 15.1 Å². The highest BCUT2D eigenvalue weighted by Gasteiger charge is 2.28. The predicted octanol–water partition coefficient (Wildman–Crippen LogP) is 2.13. The summed E-state index contributed by atoms with van der Waals surface area (Å²) in [6.45, 7) is 4.31. The summed E-state index contributed by atoms with van der Waals surface area (Å²) in [5.41, 5.74) is 4.40. The lowest BCUT2D eigenvalue weighted by molar-refractivity contribution is -0.130. The lowest BCUT2D eigenvalue weighted by Gasteiger charge is -2.28. The Hall–Kier alpha value is -3.16. The fraction of sp³-hybridized carbons (Fsp3) is 0.478. The van der Waals surface area contributed by atoms with Crippen molar-refractivity contribution in [2.24, 2.45) is 7.05 Å². The molecule has 0 atom stereocenters. The molecular formula is C23H29N5O3. The Morgan fingerprint density at radius 1 is 1.03 bits per heavy atom. The molecule has 0 aliphatic carbocycles. The van der Waals surface area contributed by atoms with Crippen molar-refractivity contribution in [3.8, 4) is 0 Å². The average Bonchev–Trinajstić information content (AvgIpc) is 3.40. The van der Waals surface area contributed by atoms with Crippen LogP contribution in [0.2, 0.25) is 0 Å². The zero-order valence-corrected chi connectivity index (χ0v) is 18.2. The SMILES string of the molecule is CC(=O)Nc1ccc(C(=O)N2CCc3c(c(CCC(=O)N4CCCC4)nn3C)C2)cc1. The Labute approximate surface area is 182 Å². The number of rotatable bonds is 5. The highest BCUT2D eigenvalue weighted by molar-refractivity contribution is 5.95. The van der Waals surface area contributed by atoms with Gasteiger partial charge in [-0.15, -0.1) is 0 Å². The van der Waals surface area contributed by atoms with E-state index in [-0.39, 0.29) is 17.7 Å². The molecule has 8 nitrogen and oxygen atoms in total. The highest BCUT2D eigenvalue weighted by atomic mass is 16.2. The van der Waals surface area contributed by atoms with Gasteiger partial charge >= 0.3 is 0 Å². The van der Waals surface area contributed by atoms with Crippen LogP contribution in [0.3, 0.4) is 0 Å². The smallest absolute Gasteiger partial charge is 0.254 e. The van der Waals surface area contributed by atoms with Gasteiger partial charge in [0.15, 0.2) is 0 Å². The van der Waals surface area contributed by atoms with E-state index in [0.29, 0.717) is 37.2 Å². The third kappa shape index (κ3) is 4.62. The van der Waals surface area contributed by atoms with Gasteiger partial charge in [-0.25, -0.2) is 0 Å². The molecule has 8 heteroatoms. The first-order chi connectivity index (χ1) is 14.9. The molecule has 0 saturated carbocycles. The van der Waals surface area contributed by atoms with E-state index in [9.17, 15) is 14.4 Å². The zero-order chi connectivity index (χ0) is 22.0. The Bertz CT molecular complexity index is 989. The van der Waals surface area contributed by atoms with Crippen LogP contribution in [0.15, 0.2) is 24.3 Å². The summed E-state index contributed by atoms with van der Waals surface area (Å²) in [5, 5.41) is 7.38. The van der Waals surface area contributed by atoms with Crippen LogP contribution in [0.5, 0.6) is 0 Å². The van der Waals surface area contributed by atoms with Gasteiger partial charge in [0.1, 0.15) is 0 Å². The molecular weight excluding hydrogens is 394 g/mol. The Morgan fingerprint density at radius 2 is 1.74 bits per heavy atom. The van der Waals surface area contributed by atoms with Crippen molar-refractivity contribution in [3.63, 3.8) is 0 Å². The quantitative estimate of drug-likeness (QED) is 0.798. The zero-order valence-electron chi connectivity index (χ0n) is 18.2. The van der Waals surface area contributed by atoms with Crippen LogP contribution in [0, 0.1) is 0 Å². The van der Waals surface area contributed by atoms with E-state index >= 15 is 0 Å². The minimum absolute atomic E-state index is 0.0389. The second kappa shape index (κ2) is 8.91. The first kappa shape index (κ1) is 21.1. The molecule has 1 aromatic carbocycles. The van der Waals surface area contributed by atoms with Crippen LogP contribution in [0.1, 0.15) is 53.5 Å². The number of anilines is 1. The second-order valence-corrected chi connectivity index (χ2v) is 8.32. The van der Waals surface area contributed by atoms with Crippen molar-refractivity contribution in [3.05, 3.63) is 46.8 Å². The number of fused-ring (bicyclic) bond motifs is 1. The van der Waals surface area contributed by atoms with Crippen molar-refractivity contribution in [2.45, 2.75) is 45.6 Å². The van der Waals surface area contributed by atoms with Crippen molar-refractivity contribution in [2.75, 3.05) is 25.0 Å². The molecule has 0 bridgehead atoms. The molecule has 2 aliphatic heterocycles. The molecule has 0 unspecified atom stereocenters. The Kier molecular flexibility index (Phi) is 6.06. The number of aryl methyl sites for hydroxylation is 2. The largest absolute Gasteiger partial charge is 0.343 e. The summed E-state index contributed by atoms with van der Waals surface area (Å²) in [6, 6.07) is 6.96. The summed E-state index contributed by atoms with van der Waals surface area (Å²) in [7, 11) is 1.93. The second-order valence-electron chi connectivity index (χ2n) is 8.32. The van der Waals surface area contributed by atoms with Gasteiger partial charge in [-0.1, -0.05) is 0 Å². The lowest BCUT2D eigenvalue weighted by Crippen LogP contribution is -2.36. The summed E-state index contributed by atoms with van der Waals surface area (Å²) in [5.74, 6) is 0.0119. The summed E-state index contributed by atoms with van der Waals surface area (Å²) in [6.07, 6.45) is 3.99. The van der Waals surface area contributed by atoms with Gasteiger partial charge in [-0.3, -0.25) is 19.1 Å². The van der Waals surface area contributed by atoms with Crippen LogP contribution >= 0.6 is 0 Å². The van der Waals surface area contributed by atoms with E-state index in [1.807, 2.05) is 21.5 Å². The van der Waals surface area contributed by atoms with E-state index in [2.05, 4.69) is 10.4 Å². The molecule has 2 aromatic rings. The lowest BCUT2D eigenvalue weighted by atomic mass is 10.0. The molecule has 4 rings (SSSR count). The number of benzene rings is 1. The van der Waals surface area contributed by atoms with Gasteiger partial charge in [0.05, 0.1) is 5.69 Å². The molecule has 0 radical (unpaired) electrons. The maximum absolute atomic E-state index is 13.1. The number of carbonyl (C=O) groups excluding carboxylic acids is 3. The van der Waals surface area contributed by atoms with Crippen LogP contribution in [0.25, 0.3) is 0 Å². The van der Waals surface area contributed by atoms with Crippen LogP contribution in [0.4, 0.5) is 5.69 Å². The average molecular weight is 424 g/mol. The number of nitrogens with one attached hydrogen (secondary N) is 1. The summed E-state index contributed by atoms with van der Waals surface area (Å²) < 4.78 is 1.90. The molecule has 1 saturated heterocycles. The first-order valence-corrected chi connectivity index (χ1v) is 10.9. The van der Waals surface area contributed by atoms with E-state index in [0.717, 1.165) is 49.3 Å². The minimum Gasteiger partial charge on any atom is -0.343 e. The maximum atomic E-state index is 13.1. The molecule has 1 N–H and O–H groups in total. The molecule has 164 valence electrons. The van der Waals surface area contributed by atoms with Crippen LogP contribution in [-0.2, 0) is 36.0 Å². The topological polar surface area (TPSA) is 87.5 Å². The minimum atomic E-state index is -0.144. The number of aromatic nitrogens is 2. The summed E-state index contributed by atoms with van der Waals surface area (Å²) >= 11 is 0. The van der Waals surface area contributed by atoms with E-state index in [1.54, 1.807) is 24.3 Å². The van der Waals surface area contributed by atoms with Crippen molar-refractivity contribution in [1.29, 1.82) is 0 Å². The van der Waals surface area contributed by atoms with E-state index in [4.69, 9.17) is 0 Å². The van der Waals surface area contributed by atoms with Gasteiger partial charge in [0, 0.05) is 81.9 Å². The Balaban J connectivity index is 1.44. The Morgan fingerprint density at radius 3 is 2.42 bits per heavy atom. The van der Waals surface area contributed by atoms with Crippen molar-refractivity contribution in [1.82, 2.24) is 19.6 Å². The predicted molar refractivity (Wildman–Crippen MR) is 117 cm³/mol. The maximum Gasteiger partial charge on any atom is 0.254 e. The molecule has 1 aromatic heterocycles. The van der Waals surface area contributed by atoms with Gasteiger partial charge in [-0.2, -0.15) is 5.10 Å². The van der Waals surface area contributed by atoms with Gasteiger partial charge in [0.25, 0.3) is 5.91 Å². The third-order valence-electron chi connectivity index (χ3n) is 6.10.